The smallest absolute Gasteiger partial charge is 0.217 e. The molecule has 21 heavy (non-hydrogen) atoms. The number of hydrogen-bond donors (Lipinski definition) is 3. The fraction of sp³-hybridized carbons (Fsp3) is 0.588. The molecule has 0 bridgehead atoms. The second-order valence-corrected chi connectivity index (χ2v) is 4.91. The van der Waals surface area contributed by atoms with Gasteiger partial charge in [-0.1, -0.05) is 43.4 Å². The van der Waals surface area contributed by atoms with E-state index in [1.807, 2.05) is 6.08 Å². The van der Waals surface area contributed by atoms with E-state index in [1.165, 1.54) is 6.92 Å². The molecule has 120 valence electrons. The van der Waals surface area contributed by atoms with Crippen molar-refractivity contribution < 1.29 is 15.0 Å². The maximum Gasteiger partial charge on any atom is 0.217 e. The molecular formula is C17H29NO3. The van der Waals surface area contributed by atoms with E-state index in [9.17, 15) is 9.90 Å². The van der Waals surface area contributed by atoms with Crippen LogP contribution in [0.3, 0.4) is 0 Å². The Bertz CT molecular complexity index is 348. The van der Waals surface area contributed by atoms with Crippen LogP contribution in [0.1, 0.15) is 46.0 Å². The number of nitrogens with one attached hydrogen (secondary N) is 1. The van der Waals surface area contributed by atoms with Gasteiger partial charge in [-0.25, -0.2) is 0 Å². The van der Waals surface area contributed by atoms with Crippen LogP contribution in [0, 0.1) is 0 Å². The average Bonchev–Trinajstić information content (AvgIpc) is 2.46. The molecule has 0 aromatic carbocycles. The minimum absolute atomic E-state index is 0.262. The second kappa shape index (κ2) is 13.6. The van der Waals surface area contributed by atoms with Crippen LogP contribution in [0.4, 0.5) is 0 Å². The summed E-state index contributed by atoms with van der Waals surface area (Å²) in [5.74, 6) is -0.262. The third-order valence-electron chi connectivity index (χ3n) is 2.90. The van der Waals surface area contributed by atoms with Gasteiger partial charge < -0.3 is 15.5 Å². The quantitative estimate of drug-likeness (QED) is 0.405. The highest BCUT2D eigenvalue weighted by molar-refractivity contribution is 5.73. The molecule has 0 saturated carbocycles. The molecule has 0 spiro atoms. The summed E-state index contributed by atoms with van der Waals surface area (Å²) < 4.78 is 0. The van der Waals surface area contributed by atoms with Crippen LogP contribution in [0.5, 0.6) is 0 Å². The standard InChI is InChI=1S/C17H29NO3/c1-3-4-5-6-7-8-9-10-11-12-13-17(21)16(14-19)18-15(2)20/h4-5,8-9,12-13,16-17,19,21H,3,6-7,10-11,14H2,1-2H3,(H,18,20)/b5-4+,9-8+,13-12+. The number of aliphatic hydroxyl groups excluding tert-OH is 2. The second-order valence-electron chi connectivity index (χ2n) is 4.91. The zero-order valence-corrected chi connectivity index (χ0v) is 13.2. The van der Waals surface area contributed by atoms with Gasteiger partial charge in [-0.2, -0.15) is 0 Å². The monoisotopic (exact) mass is 295 g/mol. The Morgan fingerprint density at radius 1 is 1.05 bits per heavy atom. The van der Waals surface area contributed by atoms with Crippen molar-refractivity contribution in [3.8, 4) is 0 Å². The Morgan fingerprint density at radius 2 is 1.57 bits per heavy atom. The third-order valence-corrected chi connectivity index (χ3v) is 2.90. The first-order valence-corrected chi connectivity index (χ1v) is 7.64. The molecule has 0 aliphatic carbocycles. The molecule has 0 aliphatic heterocycles. The highest BCUT2D eigenvalue weighted by Crippen LogP contribution is 2.01. The number of carbonyl (C=O) groups is 1. The summed E-state index contributed by atoms with van der Waals surface area (Å²) in [4.78, 5) is 10.9. The molecule has 1 amide bonds. The number of allylic oxidation sites excluding steroid dienone is 5. The third kappa shape index (κ3) is 12.1. The van der Waals surface area contributed by atoms with Crippen molar-refractivity contribution >= 4 is 5.91 Å². The molecule has 3 N–H and O–H groups in total. The highest BCUT2D eigenvalue weighted by Gasteiger charge is 2.15. The Kier molecular flexibility index (Phi) is 12.7. The molecule has 0 aromatic rings. The molecular weight excluding hydrogens is 266 g/mol. The minimum Gasteiger partial charge on any atom is -0.394 e. The first-order valence-electron chi connectivity index (χ1n) is 7.64. The van der Waals surface area contributed by atoms with Crippen molar-refractivity contribution in [2.45, 2.75) is 58.1 Å². The predicted octanol–water partition coefficient (Wildman–Crippen LogP) is 2.48. The lowest BCUT2D eigenvalue weighted by molar-refractivity contribution is -0.120. The number of carbonyl (C=O) groups excluding carboxylic acids is 1. The molecule has 0 radical (unpaired) electrons. The fourth-order valence-electron chi connectivity index (χ4n) is 1.77. The Labute approximate surface area is 128 Å². The van der Waals surface area contributed by atoms with Crippen LogP contribution in [0.15, 0.2) is 36.5 Å². The minimum atomic E-state index is -0.859. The van der Waals surface area contributed by atoms with E-state index >= 15 is 0 Å². The zero-order valence-electron chi connectivity index (χ0n) is 13.2. The lowest BCUT2D eigenvalue weighted by Crippen LogP contribution is -2.44. The van der Waals surface area contributed by atoms with Crippen LogP contribution in [0.2, 0.25) is 0 Å². The van der Waals surface area contributed by atoms with Crippen LogP contribution in [-0.4, -0.2) is 34.9 Å². The normalized spacial score (nSPS) is 15.0. The van der Waals surface area contributed by atoms with E-state index in [2.05, 4.69) is 36.5 Å². The summed E-state index contributed by atoms with van der Waals surface area (Å²) >= 11 is 0. The summed E-state index contributed by atoms with van der Waals surface area (Å²) in [6, 6.07) is -0.639. The number of hydrogen-bond acceptors (Lipinski definition) is 3. The summed E-state index contributed by atoms with van der Waals surface area (Å²) in [6.07, 6.45) is 16.3. The first kappa shape index (κ1) is 19.6. The lowest BCUT2D eigenvalue weighted by Gasteiger charge is -2.18. The SMILES string of the molecule is CC/C=C/CC/C=C/CC/C=C/C(O)C(CO)NC(C)=O. The highest BCUT2D eigenvalue weighted by atomic mass is 16.3. The molecule has 2 atom stereocenters. The molecule has 0 fully saturated rings. The van der Waals surface area contributed by atoms with Gasteiger partial charge in [0.25, 0.3) is 0 Å². The van der Waals surface area contributed by atoms with Gasteiger partial charge in [-0.05, 0) is 32.1 Å². The van der Waals surface area contributed by atoms with Gasteiger partial charge in [0.05, 0.1) is 18.8 Å². The summed E-state index contributed by atoms with van der Waals surface area (Å²) in [7, 11) is 0. The Balaban J connectivity index is 3.81. The first-order chi connectivity index (χ1) is 10.1. The van der Waals surface area contributed by atoms with Crippen molar-refractivity contribution in [1.29, 1.82) is 0 Å². The van der Waals surface area contributed by atoms with Crippen molar-refractivity contribution in [3.05, 3.63) is 36.5 Å². The van der Waals surface area contributed by atoms with E-state index in [1.54, 1.807) is 6.08 Å². The molecule has 0 rings (SSSR count). The van der Waals surface area contributed by atoms with Crippen molar-refractivity contribution in [1.82, 2.24) is 5.32 Å². The largest absolute Gasteiger partial charge is 0.394 e. The molecule has 4 nitrogen and oxygen atoms in total. The number of rotatable bonds is 11. The summed E-state index contributed by atoms with van der Waals surface area (Å²) in [5, 5.41) is 21.4. The molecule has 0 heterocycles. The average molecular weight is 295 g/mol. The fourth-order valence-corrected chi connectivity index (χ4v) is 1.77. The van der Waals surface area contributed by atoms with Gasteiger partial charge in [0.15, 0.2) is 0 Å². The van der Waals surface area contributed by atoms with E-state index in [4.69, 9.17) is 5.11 Å². The topological polar surface area (TPSA) is 69.6 Å². The van der Waals surface area contributed by atoms with Gasteiger partial charge in [0.2, 0.25) is 5.91 Å². The van der Waals surface area contributed by atoms with E-state index in [0.717, 1.165) is 32.1 Å². The van der Waals surface area contributed by atoms with Crippen molar-refractivity contribution in [3.63, 3.8) is 0 Å². The molecule has 0 aliphatic rings. The van der Waals surface area contributed by atoms with Crippen LogP contribution >= 0.6 is 0 Å². The van der Waals surface area contributed by atoms with Crippen molar-refractivity contribution in [2.75, 3.05) is 6.61 Å². The van der Waals surface area contributed by atoms with Gasteiger partial charge in [0.1, 0.15) is 0 Å². The predicted molar refractivity (Wildman–Crippen MR) is 86.9 cm³/mol. The Hall–Kier alpha value is -1.39. The molecule has 0 saturated heterocycles. The lowest BCUT2D eigenvalue weighted by atomic mass is 10.1. The number of aliphatic hydroxyl groups is 2. The molecule has 0 aromatic heterocycles. The maximum atomic E-state index is 10.9. The van der Waals surface area contributed by atoms with Crippen molar-refractivity contribution in [2.24, 2.45) is 0 Å². The van der Waals surface area contributed by atoms with Gasteiger partial charge in [0, 0.05) is 6.92 Å². The van der Waals surface area contributed by atoms with Gasteiger partial charge >= 0.3 is 0 Å². The van der Waals surface area contributed by atoms with Gasteiger partial charge in [-0.15, -0.1) is 0 Å². The number of amides is 1. The van der Waals surface area contributed by atoms with E-state index < -0.39 is 12.1 Å². The number of unbranched alkanes of at least 4 members (excludes halogenated alkanes) is 2. The van der Waals surface area contributed by atoms with E-state index in [-0.39, 0.29) is 12.5 Å². The van der Waals surface area contributed by atoms with E-state index in [0.29, 0.717) is 0 Å². The van der Waals surface area contributed by atoms with Gasteiger partial charge in [-0.3, -0.25) is 4.79 Å². The summed E-state index contributed by atoms with van der Waals surface area (Å²) in [6.45, 7) is 3.20. The zero-order chi connectivity index (χ0) is 15.9. The maximum absolute atomic E-state index is 10.9. The summed E-state index contributed by atoms with van der Waals surface area (Å²) in [5.41, 5.74) is 0. The van der Waals surface area contributed by atoms with Crippen LogP contribution in [-0.2, 0) is 4.79 Å². The van der Waals surface area contributed by atoms with Crippen LogP contribution in [0.25, 0.3) is 0 Å². The Morgan fingerprint density at radius 3 is 2.05 bits per heavy atom. The molecule has 4 heteroatoms. The van der Waals surface area contributed by atoms with Crippen LogP contribution < -0.4 is 5.32 Å². The molecule has 2 unspecified atom stereocenters.